The third kappa shape index (κ3) is 2.81. The van der Waals surface area contributed by atoms with Crippen molar-refractivity contribution in [2.24, 2.45) is 0 Å². The topological polar surface area (TPSA) is 105 Å². The number of carbonyl (C=O) groups is 1. The molecule has 2 aromatic rings. The first-order valence-electron chi connectivity index (χ1n) is 5.18. The first-order valence-corrected chi connectivity index (χ1v) is 5.18. The van der Waals surface area contributed by atoms with Gasteiger partial charge < -0.3 is 11.1 Å². The molecule has 19 heavy (non-hydrogen) atoms. The Kier molecular flexibility index (Phi) is 3.34. The molecule has 0 aliphatic rings. The molecular formula is C12H8FN5O. The highest BCUT2D eigenvalue weighted by Gasteiger charge is 2.11. The average molecular weight is 257 g/mol. The van der Waals surface area contributed by atoms with E-state index in [9.17, 15) is 9.18 Å². The molecule has 1 aromatic carbocycles. The van der Waals surface area contributed by atoms with Crippen LogP contribution in [0, 0.1) is 17.1 Å². The maximum atomic E-state index is 13.6. The van der Waals surface area contributed by atoms with Crippen LogP contribution in [0.15, 0.2) is 30.6 Å². The molecule has 0 aliphatic carbocycles. The number of nitrogens with one attached hydrogen (secondary N) is 1. The Balaban J connectivity index is 2.20. The zero-order valence-corrected chi connectivity index (χ0v) is 9.59. The average Bonchev–Trinajstić information content (AvgIpc) is 2.41. The summed E-state index contributed by atoms with van der Waals surface area (Å²) in [6.07, 6.45) is 2.41. The van der Waals surface area contributed by atoms with Gasteiger partial charge in [0.25, 0.3) is 5.91 Å². The number of nitrogens with two attached hydrogens (primary N) is 1. The number of hydrogen-bond donors (Lipinski definition) is 2. The molecule has 0 unspecified atom stereocenters. The molecule has 0 atom stereocenters. The first-order chi connectivity index (χ1) is 9.10. The van der Waals surface area contributed by atoms with Gasteiger partial charge in [0.05, 0.1) is 29.7 Å². The number of anilines is 2. The minimum atomic E-state index is -0.698. The quantitative estimate of drug-likeness (QED) is 0.844. The summed E-state index contributed by atoms with van der Waals surface area (Å²) >= 11 is 0. The SMILES string of the molecule is N#Cc1ccc(NC(=O)c2cnc(N)cn2)c(F)c1. The van der Waals surface area contributed by atoms with Crippen molar-refractivity contribution in [2.45, 2.75) is 0 Å². The fraction of sp³-hybridized carbons (Fsp3) is 0. The van der Waals surface area contributed by atoms with Crippen LogP contribution in [-0.4, -0.2) is 15.9 Å². The van der Waals surface area contributed by atoms with E-state index in [4.69, 9.17) is 11.0 Å². The van der Waals surface area contributed by atoms with E-state index < -0.39 is 11.7 Å². The normalized spacial score (nSPS) is 9.68. The van der Waals surface area contributed by atoms with E-state index in [0.29, 0.717) is 0 Å². The monoisotopic (exact) mass is 257 g/mol. The van der Waals surface area contributed by atoms with Crippen LogP contribution >= 0.6 is 0 Å². The highest BCUT2D eigenvalue weighted by atomic mass is 19.1. The number of hydrogen-bond acceptors (Lipinski definition) is 5. The molecule has 0 spiro atoms. The van der Waals surface area contributed by atoms with E-state index in [1.54, 1.807) is 6.07 Å². The second kappa shape index (κ2) is 5.10. The molecule has 0 aliphatic heterocycles. The highest BCUT2D eigenvalue weighted by molar-refractivity contribution is 6.02. The summed E-state index contributed by atoms with van der Waals surface area (Å²) in [6.45, 7) is 0. The summed E-state index contributed by atoms with van der Waals surface area (Å²) < 4.78 is 13.6. The van der Waals surface area contributed by atoms with E-state index in [-0.39, 0.29) is 22.8 Å². The number of nitrogen functional groups attached to an aromatic ring is 1. The summed E-state index contributed by atoms with van der Waals surface area (Å²) in [4.78, 5) is 19.2. The minimum absolute atomic E-state index is 0.0120. The lowest BCUT2D eigenvalue weighted by molar-refractivity contribution is 0.102. The van der Waals surface area contributed by atoms with E-state index in [1.165, 1.54) is 24.5 Å². The second-order valence-electron chi connectivity index (χ2n) is 3.59. The largest absolute Gasteiger partial charge is 0.382 e. The molecule has 0 saturated heterocycles. The number of rotatable bonds is 2. The van der Waals surface area contributed by atoms with E-state index in [0.717, 1.165) is 6.07 Å². The minimum Gasteiger partial charge on any atom is -0.382 e. The predicted octanol–water partition coefficient (Wildman–Crippen LogP) is 1.32. The number of nitrogens with zero attached hydrogens (tertiary/aromatic N) is 3. The lowest BCUT2D eigenvalue weighted by Gasteiger charge is -2.05. The van der Waals surface area contributed by atoms with Gasteiger partial charge in [-0.15, -0.1) is 0 Å². The first kappa shape index (κ1) is 12.4. The van der Waals surface area contributed by atoms with E-state index in [1.807, 2.05) is 0 Å². The number of benzene rings is 1. The van der Waals surface area contributed by atoms with Gasteiger partial charge in [0.2, 0.25) is 0 Å². The van der Waals surface area contributed by atoms with Crippen LogP contribution in [0.3, 0.4) is 0 Å². The van der Waals surface area contributed by atoms with Crippen molar-refractivity contribution in [3.8, 4) is 6.07 Å². The predicted molar refractivity (Wildman–Crippen MR) is 65.5 cm³/mol. The zero-order chi connectivity index (χ0) is 13.8. The summed E-state index contributed by atoms with van der Waals surface area (Å²) in [5.41, 5.74) is 5.48. The number of carbonyl (C=O) groups excluding carboxylic acids is 1. The van der Waals surface area contributed by atoms with Crippen LogP contribution < -0.4 is 11.1 Å². The molecule has 2 rings (SSSR count). The number of nitriles is 1. The van der Waals surface area contributed by atoms with Crippen molar-refractivity contribution in [3.63, 3.8) is 0 Å². The van der Waals surface area contributed by atoms with Crippen LogP contribution in [-0.2, 0) is 0 Å². The molecule has 0 fully saturated rings. The molecule has 0 radical (unpaired) electrons. The van der Waals surface area contributed by atoms with E-state index in [2.05, 4.69) is 15.3 Å². The van der Waals surface area contributed by atoms with Gasteiger partial charge >= 0.3 is 0 Å². The van der Waals surface area contributed by atoms with Crippen LogP contribution in [0.5, 0.6) is 0 Å². The molecule has 3 N–H and O–H groups in total. The van der Waals surface area contributed by atoms with E-state index >= 15 is 0 Å². The van der Waals surface area contributed by atoms with Gasteiger partial charge in [-0.3, -0.25) is 4.79 Å². The lowest BCUT2D eigenvalue weighted by atomic mass is 10.2. The van der Waals surface area contributed by atoms with Crippen molar-refractivity contribution in [1.82, 2.24) is 9.97 Å². The standard InChI is InChI=1S/C12H8FN5O/c13-8-3-7(4-14)1-2-9(8)18-12(19)10-5-17-11(15)6-16-10/h1-3,5-6H,(H2,15,17)(H,18,19). The van der Waals surface area contributed by atoms with Gasteiger partial charge in [-0.25, -0.2) is 14.4 Å². The second-order valence-corrected chi connectivity index (χ2v) is 3.59. The van der Waals surface area contributed by atoms with Gasteiger partial charge in [0.1, 0.15) is 17.3 Å². The summed E-state index contributed by atoms with van der Waals surface area (Å²) in [7, 11) is 0. The van der Waals surface area contributed by atoms with Crippen molar-refractivity contribution < 1.29 is 9.18 Å². The maximum Gasteiger partial charge on any atom is 0.275 e. The van der Waals surface area contributed by atoms with Crippen LogP contribution in [0.2, 0.25) is 0 Å². The third-order valence-corrected chi connectivity index (χ3v) is 2.25. The molecule has 94 valence electrons. The summed E-state index contributed by atoms with van der Waals surface area (Å²) in [5.74, 6) is -1.13. The Morgan fingerprint density at radius 2 is 2.16 bits per heavy atom. The third-order valence-electron chi connectivity index (χ3n) is 2.25. The molecule has 1 aromatic heterocycles. The van der Waals surface area contributed by atoms with Crippen LogP contribution in [0.25, 0.3) is 0 Å². The van der Waals surface area contributed by atoms with Gasteiger partial charge in [0, 0.05) is 0 Å². The molecule has 0 saturated carbocycles. The van der Waals surface area contributed by atoms with Crippen LogP contribution in [0.4, 0.5) is 15.9 Å². The number of amides is 1. The summed E-state index contributed by atoms with van der Waals surface area (Å²) in [6, 6.07) is 5.53. The van der Waals surface area contributed by atoms with Crippen molar-refractivity contribution in [1.29, 1.82) is 5.26 Å². The zero-order valence-electron chi connectivity index (χ0n) is 9.59. The lowest BCUT2D eigenvalue weighted by Crippen LogP contribution is -2.15. The Morgan fingerprint density at radius 3 is 2.74 bits per heavy atom. The molecule has 7 heteroatoms. The summed E-state index contributed by atoms with van der Waals surface area (Å²) in [5, 5.41) is 10.9. The smallest absolute Gasteiger partial charge is 0.275 e. The van der Waals surface area contributed by atoms with Gasteiger partial charge in [-0.1, -0.05) is 0 Å². The molecule has 1 heterocycles. The molecule has 1 amide bonds. The molecular weight excluding hydrogens is 249 g/mol. The highest BCUT2D eigenvalue weighted by Crippen LogP contribution is 2.16. The van der Waals surface area contributed by atoms with Crippen LogP contribution in [0.1, 0.15) is 16.1 Å². The Labute approximate surface area is 107 Å². The Hall–Kier alpha value is -3.01. The van der Waals surface area contributed by atoms with Crippen molar-refractivity contribution in [2.75, 3.05) is 11.1 Å². The van der Waals surface area contributed by atoms with Gasteiger partial charge in [-0.05, 0) is 18.2 Å². The molecule has 0 bridgehead atoms. The molecule has 6 nitrogen and oxygen atoms in total. The Bertz CT molecular complexity index is 663. The Morgan fingerprint density at radius 1 is 1.37 bits per heavy atom. The number of halogens is 1. The fourth-order valence-electron chi connectivity index (χ4n) is 1.33. The number of aromatic nitrogens is 2. The van der Waals surface area contributed by atoms with Crippen molar-refractivity contribution >= 4 is 17.4 Å². The van der Waals surface area contributed by atoms with Crippen molar-refractivity contribution in [3.05, 3.63) is 47.7 Å². The maximum absolute atomic E-state index is 13.6. The van der Waals surface area contributed by atoms with Gasteiger partial charge in [0.15, 0.2) is 0 Å². The van der Waals surface area contributed by atoms with Gasteiger partial charge in [-0.2, -0.15) is 5.26 Å². The fourth-order valence-corrected chi connectivity index (χ4v) is 1.33.